The average molecular weight is 362 g/mol. The molecule has 0 spiro atoms. The fraction of sp³-hybridized carbons (Fsp3) is 0.333. The first-order valence-corrected chi connectivity index (χ1v) is 9.27. The van der Waals surface area contributed by atoms with Crippen molar-refractivity contribution in [1.29, 1.82) is 0 Å². The Balaban J connectivity index is 1.93. The summed E-state index contributed by atoms with van der Waals surface area (Å²) >= 11 is 1.62. The topological polar surface area (TPSA) is 80.6 Å². The lowest BCUT2D eigenvalue weighted by Crippen LogP contribution is -2.46. The molecule has 0 saturated carbocycles. The van der Waals surface area contributed by atoms with Gasteiger partial charge in [-0.3, -0.25) is 9.59 Å². The molecule has 2 aromatic rings. The maximum Gasteiger partial charge on any atom is 0.287 e. The van der Waals surface area contributed by atoms with E-state index in [9.17, 15) is 9.59 Å². The molecule has 0 radical (unpaired) electrons. The first-order chi connectivity index (χ1) is 12.1. The van der Waals surface area contributed by atoms with Gasteiger partial charge in [-0.05, 0) is 48.3 Å². The Hall–Kier alpha value is -2.41. The molecular formula is C18H22N2O4S. The molecule has 0 aliphatic carbocycles. The third kappa shape index (κ3) is 5.86. The summed E-state index contributed by atoms with van der Waals surface area (Å²) in [7, 11) is 1.61. The predicted molar refractivity (Wildman–Crippen MR) is 97.8 cm³/mol. The van der Waals surface area contributed by atoms with Crippen LogP contribution in [0.25, 0.3) is 0 Å². The number of thioether (sulfide) groups is 1. The van der Waals surface area contributed by atoms with E-state index in [-0.39, 0.29) is 11.7 Å². The lowest BCUT2D eigenvalue weighted by molar-refractivity contribution is -0.123. The monoisotopic (exact) mass is 362 g/mol. The minimum atomic E-state index is -0.608. The standard InChI is InChI=1S/C18H22N2O4S/c1-23-14-7-5-13(6-8-14)12-19-17(21)15(9-11-25-2)20-18(22)16-4-3-10-24-16/h3-8,10,15H,9,11-12H2,1-2H3,(H,19,21)(H,20,22)/t15-/m1/s1. The number of carbonyl (C=O) groups excluding carboxylic acids is 2. The summed E-state index contributed by atoms with van der Waals surface area (Å²) in [5, 5.41) is 5.59. The zero-order valence-corrected chi connectivity index (χ0v) is 15.1. The zero-order chi connectivity index (χ0) is 18.1. The number of hydrogen-bond acceptors (Lipinski definition) is 5. The number of hydrogen-bond donors (Lipinski definition) is 2. The summed E-state index contributed by atoms with van der Waals surface area (Å²) in [5.74, 6) is 1.11. The maximum atomic E-state index is 12.5. The normalized spacial score (nSPS) is 11.6. The van der Waals surface area contributed by atoms with Gasteiger partial charge in [0.25, 0.3) is 5.91 Å². The second-order valence-corrected chi connectivity index (χ2v) is 6.34. The van der Waals surface area contributed by atoms with Gasteiger partial charge in [-0.2, -0.15) is 11.8 Å². The molecule has 0 bridgehead atoms. The van der Waals surface area contributed by atoms with E-state index in [0.717, 1.165) is 17.1 Å². The molecular weight excluding hydrogens is 340 g/mol. The van der Waals surface area contributed by atoms with Crippen LogP contribution in [0.2, 0.25) is 0 Å². The lowest BCUT2D eigenvalue weighted by Gasteiger charge is -2.17. The average Bonchev–Trinajstić information content (AvgIpc) is 3.18. The molecule has 7 heteroatoms. The quantitative estimate of drug-likeness (QED) is 0.716. The van der Waals surface area contributed by atoms with Crippen molar-refractivity contribution in [3.05, 3.63) is 54.0 Å². The van der Waals surface area contributed by atoms with Crippen LogP contribution in [0.1, 0.15) is 22.5 Å². The van der Waals surface area contributed by atoms with Gasteiger partial charge in [0, 0.05) is 6.54 Å². The fourth-order valence-corrected chi connectivity index (χ4v) is 2.67. The van der Waals surface area contributed by atoms with Crippen LogP contribution < -0.4 is 15.4 Å². The van der Waals surface area contributed by atoms with Gasteiger partial charge in [0.2, 0.25) is 5.91 Å². The summed E-state index contributed by atoms with van der Waals surface area (Å²) in [6.45, 7) is 0.384. The number of methoxy groups -OCH3 is 1. The van der Waals surface area contributed by atoms with Crippen LogP contribution in [0.15, 0.2) is 47.1 Å². The molecule has 2 amide bonds. The van der Waals surface area contributed by atoms with E-state index < -0.39 is 11.9 Å². The van der Waals surface area contributed by atoms with Crippen LogP contribution in [0.5, 0.6) is 5.75 Å². The Kier molecular flexibility index (Phi) is 7.40. The number of ether oxygens (including phenoxy) is 1. The van der Waals surface area contributed by atoms with E-state index in [1.807, 2.05) is 30.5 Å². The smallest absolute Gasteiger partial charge is 0.287 e. The van der Waals surface area contributed by atoms with E-state index in [1.54, 1.807) is 31.0 Å². The summed E-state index contributed by atoms with van der Waals surface area (Å²) in [4.78, 5) is 24.6. The minimum Gasteiger partial charge on any atom is -0.497 e. The summed E-state index contributed by atoms with van der Waals surface area (Å²) in [6.07, 6.45) is 3.93. The van der Waals surface area contributed by atoms with E-state index in [4.69, 9.17) is 9.15 Å². The zero-order valence-electron chi connectivity index (χ0n) is 14.3. The van der Waals surface area contributed by atoms with Crippen LogP contribution in [-0.2, 0) is 11.3 Å². The molecule has 1 aromatic carbocycles. The van der Waals surface area contributed by atoms with Crippen molar-refractivity contribution in [3.63, 3.8) is 0 Å². The second-order valence-electron chi connectivity index (χ2n) is 5.35. The van der Waals surface area contributed by atoms with Crippen LogP contribution >= 0.6 is 11.8 Å². The van der Waals surface area contributed by atoms with Gasteiger partial charge >= 0.3 is 0 Å². The highest BCUT2D eigenvalue weighted by Crippen LogP contribution is 2.11. The van der Waals surface area contributed by atoms with Crippen LogP contribution in [0.3, 0.4) is 0 Å². The Bertz CT molecular complexity index is 671. The molecule has 6 nitrogen and oxygen atoms in total. The Labute approximate surface area is 151 Å². The van der Waals surface area contributed by atoms with Crippen LogP contribution in [0, 0.1) is 0 Å². The van der Waals surface area contributed by atoms with Gasteiger partial charge in [0.05, 0.1) is 13.4 Å². The van der Waals surface area contributed by atoms with Crippen LogP contribution in [0.4, 0.5) is 0 Å². The third-order valence-electron chi connectivity index (χ3n) is 3.60. The van der Waals surface area contributed by atoms with Gasteiger partial charge in [-0.15, -0.1) is 0 Å². The van der Waals surface area contributed by atoms with Gasteiger partial charge in [0.15, 0.2) is 5.76 Å². The number of furan rings is 1. The fourth-order valence-electron chi connectivity index (χ4n) is 2.20. The van der Waals surface area contributed by atoms with Crippen molar-refractivity contribution in [1.82, 2.24) is 10.6 Å². The van der Waals surface area contributed by atoms with Crippen LogP contribution in [-0.4, -0.2) is 37.0 Å². The molecule has 25 heavy (non-hydrogen) atoms. The van der Waals surface area contributed by atoms with Gasteiger partial charge < -0.3 is 19.8 Å². The number of rotatable bonds is 9. The Morgan fingerprint density at radius 3 is 2.60 bits per heavy atom. The molecule has 0 saturated heterocycles. The molecule has 0 aliphatic heterocycles. The molecule has 2 N–H and O–H groups in total. The predicted octanol–water partition coefficient (Wildman–Crippen LogP) is 2.46. The molecule has 0 fully saturated rings. The third-order valence-corrected chi connectivity index (χ3v) is 4.25. The highest BCUT2D eigenvalue weighted by molar-refractivity contribution is 7.98. The van der Waals surface area contributed by atoms with E-state index in [0.29, 0.717) is 13.0 Å². The van der Waals surface area contributed by atoms with E-state index >= 15 is 0 Å². The highest BCUT2D eigenvalue weighted by atomic mass is 32.2. The van der Waals surface area contributed by atoms with E-state index in [2.05, 4.69) is 10.6 Å². The minimum absolute atomic E-state index is 0.192. The van der Waals surface area contributed by atoms with Crippen molar-refractivity contribution >= 4 is 23.6 Å². The molecule has 0 aliphatic rings. The summed E-state index contributed by atoms with van der Waals surface area (Å²) in [6, 6.07) is 10.0. The van der Waals surface area contributed by atoms with Gasteiger partial charge in [-0.25, -0.2) is 0 Å². The number of carbonyl (C=O) groups is 2. The van der Waals surface area contributed by atoms with Crippen molar-refractivity contribution in [2.75, 3.05) is 19.1 Å². The highest BCUT2D eigenvalue weighted by Gasteiger charge is 2.22. The molecule has 1 aromatic heterocycles. The SMILES string of the molecule is COc1ccc(CNC(=O)[C@@H](CCSC)NC(=O)c2ccco2)cc1. The second kappa shape index (κ2) is 9.78. The number of benzene rings is 1. The van der Waals surface area contributed by atoms with Gasteiger partial charge in [0.1, 0.15) is 11.8 Å². The van der Waals surface area contributed by atoms with Crippen molar-refractivity contribution in [3.8, 4) is 5.75 Å². The van der Waals surface area contributed by atoms with E-state index in [1.165, 1.54) is 6.26 Å². The number of amides is 2. The summed E-state index contributed by atoms with van der Waals surface area (Å²) < 4.78 is 10.2. The van der Waals surface area contributed by atoms with Crippen molar-refractivity contribution in [2.45, 2.75) is 19.0 Å². The molecule has 0 unspecified atom stereocenters. The van der Waals surface area contributed by atoms with Gasteiger partial charge in [-0.1, -0.05) is 12.1 Å². The Morgan fingerprint density at radius 2 is 2.00 bits per heavy atom. The molecule has 1 atom stereocenters. The lowest BCUT2D eigenvalue weighted by atomic mass is 10.1. The first kappa shape index (κ1) is 18.9. The largest absolute Gasteiger partial charge is 0.497 e. The molecule has 1 heterocycles. The van der Waals surface area contributed by atoms with Crippen molar-refractivity contribution < 1.29 is 18.7 Å². The summed E-state index contributed by atoms with van der Waals surface area (Å²) in [5.41, 5.74) is 0.954. The number of nitrogens with one attached hydrogen (secondary N) is 2. The Morgan fingerprint density at radius 1 is 1.24 bits per heavy atom. The van der Waals surface area contributed by atoms with Crippen molar-refractivity contribution in [2.24, 2.45) is 0 Å². The maximum absolute atomic E-state index is 12.5. The first-order valence-electron chi connectivity index (χ1n) is 7.88. The molecule has 2 rings (SSSR count). The molecule has 134 valence electrons.